The molecule has 0 amide bonds. The Morgan fingerprint density at radius 3 is 2.66 bits per heavy atom. The maximum Gasteiger partial charge on any atom is 0.165 e. The van der Waals surface area contributed by atoms with E-state index >= 15 is 0 Å². The number of carbonyl (C=O) groups is 2. The number of ether oxygens (including phenoxy) is 1. The maximum absolute atomic E-state index is 13.9. The van der Waals surface area contributed by atoms with E-state index in [-0.39, 0.29) is 53.8 Å². The number of aromatic amines is 1. The van der Waals surface area contributed by atoms with Crippen LogP contribution in [0, 0.1) is 17.3 Å². The highest BCUT2D eigenvalue weighted by molar-refractivity contribution is 5.98. The summed E-state index contributed by atoms with van der Waals surface area (Å²) in [7, 11) is 0. The number of nitrogens with two attached hydrogens (primary N) is 1. The quantitative estimate of drug-likeness (QED) is 0.0616. The molecule has 2 heterocycles. The Balaban J connectivity index is 1.06. The largest absolute Gasteiger partial charge is 0.508 e. The van der Waals surface area contributed by atoms with Gasteiger partial charge in [-0.3, -0.25) is 14.9 Å². The van der Waals surface area contributed by atoms with Crippen LogP contribution in [0.2, 0.25) is 0 Å². The van der Waals surface area contributed by atoms with Gasteiger partial charge in [-0.1, -0.05) is 61.9 Å². The number of nitrogens with one attached hydrogen (secondary N) is 2. The molecule has 0 saturated heterocycles. The molecule has 0 unspecified atom stereocenters. The molecule has 9 nitrogen and oxygen atoms in total. The zero-order valence-corrected chi connectivity index (χ0v) is 32.2. The van der Waals surface area contributed by atoms with Gasteiger partial charge in [0.05, 0.1) is 25.3 Å². The Bertz CT molecular complexity index is 2180. The van der Waals surface area contributed by atoms with Crippen molar-refractivity contribution in [2.45, 2.75) is 102 Å². The summed E-state index contributed by atoms with van der Waals surface area (Å²) in [6.07, 6.45) is 13.2. The van der Waals surface area contributed by atoms with Crippen molar-refractivity contribution in [2.24, 2.45) is 11.1 Å². The lowest BCUT2D eigenvalue weighted by molar-refractivity contribution is -0.114. The zero-order valence-electron chi connectivity index (χ0n) is 32.2. The number of Topliss-reactive ketones (excluding diaryl/α,β-unsaturated/α-hetero) is 1. The lowest BCUT2D eigenvalue weighted by Crippen LogP contribution is -2.35. The molecule has 1 saturated carbocycles. The third-order valence-electron chi connectivity index (χ3n) is 11.9. The molecule has 9 heteroatoms. The third kappa shape index (κ3) is 8.94. The summed E-state index contributed by atoms with van der Waals surface area (Å²) in [5.74, 6) is 6.64. The molecule has 0 bridgehead atoms. The number of benzene rings is 3. The Hall–Kier alpha value is -5.14. The summed E-state index contributed by atoms with van der Waals surface area (Å²) in [5, 5.41) is 35.5. The zero-order chi connectivity index (χ0) is 39.2. The minimum absolute atomic E-state index is 0.0177. The van der Waals surface area contributed by atoms with Crippen molar-refractivity contribution in [3.8, 4) is 29.1 Å². The molecule has 7 N–H and O–H groups in total. The van der Waals surface area contributed by atoms with Gasteiger partial charge in [0.1, 0.15) is 5.75 Å². The molecule has 0 radical (unpaired) electrons. The van der Waals surface area contributed by atoms with Crippen LogP contribution in [-0.2, 0) is 30.5 Å². The number of aromatic hydroxyl groups is 2. The first kappa shape index (κ1) is 39.1. The van der Waals surface area contributed by atoms with Crippen LogP contribution in [0.15, 0.2) is 72.9 Å². The summed E-state index contributed by atoms with van der Waals surface area (Å²) < 4.78 is 6.09. The lowest BCUT2D eigenvalue weighted by atomic mass is 9.79. The smallest absolute Gasteiger partial charge is 0.165 e. The number of hydrogen-bond donors (Lipinski definition) is 6. The van der Waals surface area contributed by atoms with Gasteiger partial charge in [-0.05, 0) is 108 Å². The molecule has 4 atom stereocenters. The molecule has 1 fully saturated rings. The van der Waals surface area contributed by atoms with Crippen molar-refractivity contribution in [2.75, 3.05) is 13.2 Å². The van der Waals surface area contributed by atoms with Gasteiger partial charge >= 0.3 is 0 Å². The first-order chi connectivity index (χ1) is 27.1. The molecule has 7 rings (SSSR count). The predicted octanol–water partition coefficient (Wildman–Crippen LogP) is 7.24. The second-order valence-corrected chi connectivity index (χ2v) is 15.8. The fourth-order valence-electron chi connectivity index (χ4n) is 8.66. The van der Waals surface area contributed by atoms with Crippen LogP contribution < -0.4 is 15.8 Å². The first-order valence-electron chi connectivity index (χ1n) is 20.1. The van der Waals surface area contributed by atoms with Gasteiger partial charge in [0.25, 0.3) is 0 Å². The third-order valence-corrected chi connectivity index (χ3v) is 11.9. The number of H-pyrrole nitrogens is 1. The van der Waals surface area contributed by atoms with Crippen LogP contribution >= 0.6 is 0 Å². The summed E-state index contributed by atoms with van der Waals surface area (Å²) in [5.41, 5.74) is 14.0. The SMILES string of the molecule is CCCC[C@]1(/C=C/C(=O)CCc2ccc(O)c(OCCc3ccc(O)c([C@@H]4CC(=O)c5cc[nH]c5CC#Cc5cc6c(cc54)CCN[C@@H]6N)c3)c2)CC[C@H](O)C1. The van der Waals surface area contributed by atoms with Crippen molar-refractivity contribution in [1.29, 1.82) is 0 Å². The van der Waals surface area contributed by atoms with Crippen LogP contribution in [0.1, 0.15) is 125 Å². The maximum atomic E-state index is 13.9. The van der Waals surface area contributed by atoms with Crippen LogP contribution in [0.3, 0.4) is 0 Å². The van der Waals surface area contributed by atoms with E-state index in [9.17, 15) is 24.9 Å². The van der Waals surface area contributed by atoms with E-state index in [1.54, 1.807) is 36.5 Å². The van der Waals surface area contributed by atoms with Crippen molar-refractivity contribution in [1.82, 2.24) is 10.3 Å². The Kier molecular flexibility index (Phi) is 12.1. The van der Waals surface area contributed by atoms with E-state index in [2.05, 4.69) is 35.1 Å². The van der Waals surface area contributed by atoms with Crippen LogP contribution in [0.4, 0.5) is 0 Å². The number of phenols is 2. The van der Waals surface area contributed by atoms with Crippen molar-refractivity contribution in [3.05, 3.63) is 123 Å². The summed E-state index contributed by atoms with van der Waals surface area (Å²) in [4.78, 5) is 30.0. The number of allylic oxidation sites excluding steroid dienone is 2. The highest BCUT2D eigenvalue weighted by Gasteiger charge is 2.36. The summed E-state index contributed by atoms with van der Waals surface area (Å²) in [6.45, 7) is 3.16. The number of carbonyl (C=O) groups excluding carboxylic acids is 2. The summed E-state index contributed by atoms with van der Waals surface area (Å²) in [6, 6.07) is 16.6. The van der Waals surface area contributed by atoms with Crippen molar-refractivity contribution < 1.29 is 29.6 Å². The molecule has 1 aliphatic heterocycles. The monoisotopic (exact) mass is 755 g/mol. The Labute approximate surface area is 329 Å². The number of ketones is 2. The molecule has 56 heavy (non-hydrogen) atoms. The number of aliphatic hydroxyl groups excluding tert-OH is 1. The number of aliphatic hydroxyl groups is 1. The first-order valence-corrected chi connectivity index (χ1v) is 20.1. The van der Waals surface area contributed by atoms with Crippen LogP contribution in [-0.4, -0.2) is 51.1 Å². The number of hydrogen-bond acceptors (Lipinski definition) is 8. The minimum Gasteiger partial charge on any atom is -0.508 e. The number of aromatic nitrogens is 1. The van der Waals surface area contributed by atoms with Gasteiger partial charge in [-0.15, -0.1) is 0 Å². The Morgan fingerprint density at radius 1 is 1.04 bits per heavy atom. The molecule has 2 aliphatic carbocycles. The molecule has 4 aromatic rings. The van der Waals surface area contributed by atoms with Gasteiger partial charge in [0, 0.05) is 60.3 Å². The van der Waals surface area contributed by atoms with E-state index in [4.69, 9.17) is 10.5 Å². The molecule has 0 spiro atoms. The molecular weight excluding hydrogens is 703 g/mol. The predicted molar refractivity (Wildman–Crippen MR) is 217 cm³/mol. The lowest BCUT2D eigenvalue weighted by Gasteiger charge is -2.28. The van der Waals surface area contributed by atoms with Gasteiger partial charge in [-0.2, -0.15) is 0 Å². The Morgan fingerprint density at radius 2 is 1.86 bits per heavy atom. The summed E-state index contributed by atoms with van der Waals surface area (Å²) >= 11 is 0. The van der Waals surface area contributed by atoms with Crippen molar-refractivity contribution >= 4 is 11.6 Å². The second kappa shape index (κ2) is 17.3. The number of phenolic OH excluding ortho intramolecular Hbond substituents is 2. The molecule has 3 aromatic carbocycles. The average Bonchev–Trinajstić information content (AvgIpc) is 3.82. The highest BCUT2D eigenvalue weighted by Crippen LogP contribution is 2.44. The number of aryl methyl sites for hydroxylation is 1. The minimum atomic E-state index is -0.463. The van der Waals surface area contributed by atoms with Gasteiger partial charge in [0.2, 0.25) is 0 Å². The topological polar surface area (TPSA) is 158 Å². The van der Waals surface area contributed by atoms with Gasteiger partial charge < -0.3 is 30.8 Å². The standard InChI is InChI=1S/C47H53N3O6/c1-2-3-18-47(20-14-35(52)29-47)19-13-34(51)10-7-30-9-12-43(54)45(25-30)56-23-17-31-8-11-42(53)40(24-31)39-28-44(55)36-16-22-49-41(36)6-4-5-32-27-38-33(26-37(32)39)15-21-50-46(38)48/h8-9,11-13,16,19,22,24-27,35,39,46,49-50,52-54H,2-3,6-7,10,14-15,17-18,20-21,23,28-29,48H2,1H3/b19-13+/t35-,39+,46-,47-/m0/s1. The highest BCUT2D eigenvalue weighted by atomic mass is 16.5. The van der Waals surface area contributed by atoms with E-state index in [1.807, 2.05) is 30.3 Å². The molecular formula is C47H53N3O6. The fourth-order valence-corrected chi connectivity index (χ4v) is 8.66. The van der Waals surface area contributed by atoms with E-state index in [1.165, 1.54) is 0 Å². The van der Waals surface area contributed by atoms with Crippen LogP contribution in [0.5, 0.6) is 17.2 Å². The van der Waals surface area contributed by atoms with E-state index < -0.39 is 5.92 Å². The number of unbranched alkanes of at least 4 members (excludes halogenated alkanes) is 1. The molecule has 292 valence electrons. The number of rotatable bonds is 13. The number of fused-ring (bicyclic) bond motifs is 3. The van der Waals surface area contributed by atoms with Crippen LogP contribution in [0.25, 0.3) is 0 Å². The van der Waals surface area contributed by atoms with Crippen molar-refractivity contribution in [3.63, 3.8) is 0 Å². The van der Waals surface area contributed by atoms with E-state index in [0.717, 1.165) is 84.1 Å². The van der Waals surface area contributed by atoms with E-state index in [0.29, 0.717) is 49.0 Å². The van der Waals surface area contributed by atoms with Gasteiger partial charge in [0.15, 0.2) is 23.1 Å². The fraction of sp³-hybridized carbons (Fsp3) is 0.404. The molecule has 3 aliphatic rings. The van der Waals surface area contributed by atoms with Gasteiger partial charge in [-0.25, -0.2) is 0 Å². The molecule has 1 aromatic heterocycles. The average molecular weight is 756 g/mol. The second-order valence-electron chi connectivity index (χ2n) is 15.8. The normalized spacial score (nSPS) is 21.8.